The maximum atomic E-state index is 13.3. The molecule has 2 aromatic rings. The lowest BCUT2D eigenvalue weighted by atomic mass is 10.2. The fraction of sp³-hybridized carbons (Fsp3) is 0.522. The van der Waals surface area contributed by atoms with Crippen molar-refractivity contribution >= 4 is 11.7 Å². The number of aromatic amines is 1. The number of hydrogen-bond acceptors (Lipinski definition) is 9. The van der Waals surface area contributed by atoms with Crippen LogP contribution in [-0.2, 0) is 20.4 Å². The number of alkyl halides is 3. The largest absolute Gasteiger partial charge is 0.483 e. The Bertz CT molecular complexity index is 1140. The van der Waals surface area contributed by atoms with Crippen LogP contribution in [0.15, 0.2) is 29.3 Å². The van der Waals surface area contributed by atoms with Gasteiger partial charge in [-0.25, -0.2) is 10.1 Å². The number of nitriles is 1. The van der Waals surface area contributed by atoms with E-state index in [0.717, 1.165) is 12.0 Å². The van der Waals surface area contributed by atoms with E-state index in [4.69, 9.17) is 19.5 Å². The standard InChI is InChI=1S/C23H27F3N6O5/c1-15(9-20(33)32-7-5-31(6-8-32)19-4-3-16(10-27)11-28-19)36-14-17(13-35-2)37-18-12-29-30-22(34)21(18)23(24,25)26/h3-4,11-12,15,17H,5-9,13-14H2,1-2H3,(H,30,34)/t15-,17+/m1/s1. The van der Waals surface area contributed by atoms with Gasteiger partial charge in [0.05, 0.1) is 37.5 Å². The highest BCUT2D eigenvalue weighted by molar-refractivity contribution is 5.77. The lowest BCUT2D eigenvalue weighted by Crippen LogP contribution is -2.49. The summed E-state index contributed by atoms with van der Waals surface area (Å²) in [6.07, 6.45) is -4.13. The summed E-state index contributed by atoms with van der Waals surface area (Å²) >= 11 is 0. The summed E-state index contributed by atoms with van der Waals surface area (Å²) in [5.74, 6) is -0.126. The molecular formula is C23H27F3N6O5. The number of nitrogens with zero attached hydrogens (tertiary/aromatic N) is 5. The van der Waals surface area contributed by atoms with E-state index in [9.17, 15) is 22.8 Å². The number of amides is 1. The summed E-state index contributed by atoms with van der Waals surface area (Å²) in [7, 11) is 1.34. The Labute approximate surface area is 210 Å². The second-order valence-electron chi connectivity index (χ2n) is 8.36. The van der Waals surface area contributed by atoms with Gasteiger partial charge in [0.25, 0.3) is 5.56 Å². The van der Waals surface area contributed by atoms with Crippen LogP contribution < -0.4 is 15.2 Å². The first-order valence-corrected chi connectivity index (χ1v) is 11.4. The van der Waals surface area contributed by atoms with Crippen LogP contribution in [0.25, 0.3) is 0 Å². The van der Waals surface area contributed by atoms with E-state index in [-0.39, 0.29) is 25.5 Å². The Balaban J connectivity index is 1.50. The van der Waals surface area contributed by atoms with Crippen LogP contribution in [0.1, 0.15) is 24.5 Å². The molecule has 1 aliphatic rings. The number of halogens is 3. The normalized spacial score (nSPS) is 15.7. The number of piperazine rings is 1. The molecule has 1 fully saturated rings. The van der Waals surface area contributed by atoms with E-state index in [2.05, 4.69) is 10.1 Å². The maximum Gasteiger partial charge on any atom is 0.425 e. The van der Waals surface area contributed by atoms with Crippen molar-refractivity contribution < 1.29 is 32.2 Å². The molecule has 0 saturated carbocycles. The number of aromatic nitrogens is 3. The summed E-state index contributed by atoms with van der Waals surface area (Å²) in [5, 5.41) is 14.0. The number of H-pyrrole nitrogens is 1. The third kappa shape index (κ3) is 7.64. The fourth-order valence-electron chi connectivity index (χ4n) is 3.75. The minimum atomic E-state index is -4.94. The molecular weight excluding hydrogens is 497 g/mol. The first kappa shape index (κ1) is 27.9. The van der Waals surface area contributed by atoms with Crippen LogP contribution in [0, 0.1) is 11.3 Å². The molecule has 1 saturated heterocycles. The average Bonchev–Trinajstić information content (AvgIpc) is 2.87. The van der Waals surface area contributed by atoms with Crippen molar-refractivity contribution in [3.05, 3.63) is 46.0 Å². The van der Waals surface area contributed by atoms with E-state index in [1.54, 1.807) is 29.1 Å². The minimum absolute atomic E-state index is 0.0647. The third-order valence-corrected chi connectivity index (χ3v) is 5.61. The number of nitrogens with one attached hydrogen (secondary N) is 1. The van der Waals surface area contributed by atoms with Crippen molar-refractivity contribution in [1.29, 1.82) is 5.26 Å². The quantitative estimate of drug-likeness (QED) is 0.492. The molecule has 0 aromatic carbocycles. The molecule has 11 nitrogen and oxygen atoms in total. The first-order chi connectivity index (χ1) is 17.6. The highest BCUT2D eigenvalue weighted by Gasteiger charge is 2.39. The zero-order chi connectivity index (χ0) is 27.0. The van der Waals surface area contributed by atoms with Crippen molar-refractivity contribution in [3.8, 4) is 11.8 Å². The van der Waals surface area contributed by atoms with E-state index in [0.29, 0.717) is 31.7 Å². The smallest absolute Gasteiger partial charge is 0.425 e. The molecule has 3 heterocycles. The molecule has 2 atom stereocenters. The number of anilines is 1. The molecule has 0 radical (unpaired) electrons. The van der Waals surface area contributed by atoms with Gasteiger partial charge in [0, 0.05) is 39.5 Å². The van der Waals surface area contributed by atoms with Gasteiger partial charge in [0.1, 0.15) is 18.0 Å². The number of hydrogen-bond donors (Lipinski definition) is 1. The molecule has 0 bridgehead atoms. The Morgan fingerprint density at radius 1 is 1.22 bits per heavy atom. The van der Waals surface area contributed by atoms with E-state index < -0.39 is 35.3 Å². The molecule has 0 aliphatic carbocycles. The van der Waals surface area contributed by atoms with Crippen molar-refractivity contribution in [1.82, 2.24) is 20.1 Å². The lowest BCUT2D eigenvalue weighted by Gasteiger charge is -2.36. The van der Waals surface area contributed by atoms with Crippen LogP contribution in [-0.4, -0.2) is 84.7 Å². The van der Waals surface area contributed by atoms with Crippen molar-refractivity contribution in [2.75, 3.05) is 51.4 Å². The number of pyridine rings is 1. The van der Waals surface area contributed by atoms with Gasteiger partial charge >= 0.3 is 6.18 Å². The summed E-state index contributed by atoms with van der Waals surface area (Å²) in [6.45, 7) is 3.51. The molecule has 37 heavy (non-hydrogen) atoms. The molecule has 1 amide bonds. The highest BCUT2D eigenvalue weighted by atomic mass is 19.4. The number of ether oxygens (including phenoxy) is 3. The molecule has 3 rings (SSSR count). The maximum absolute atomic E-state index is 13.3. The number of methoxy groups -OCH3 is 1. The van der Waals surface area contributed by atoms with E-state index >= 15 is 0 Å². The Kier molecular flexibility index (Phi) is 9.42. The van der Waals surface area contributed by atoms with Gasteiger partial charge in [-0.2, -0.15) is 23.5 Å². The van der Waals surface area contributed by atoms with Gasteiger partial charge < -0.3 is 24.0 Å². The summed E-state index contributed by atoms with van der Waals surface area (Å²) in [4.78, 5) is 32.4. The number of carbonyl (C=O) groups is 1. The highest BCUT2D eigenvalue weighted by Crippen LogP contribution is 2.33. The second-order valence-corrected chi connectivity index (χ2v) is 8.36. The number of carbonyl (C=O) groups excluding carboxylic acids is 1. The molecule has 0 spiro atoms. The predicted molar refractivity (Wildman–Crippen MR) is 124 cm³/mol. The van der Waals surface area contributed by atoms with Crippen molar-refractivity contribution in [2.45, 2.75) is 31.7 Å². The van der Waals surface area contributed by atoms with Gasteiger partial charge in [-0.3, -0.25) is 9.59 Å². The zero-order valence-electron chi connectivity index (χ0n) is 20.3. The Morgan fingerprint density at radius 2 is 1.95 bits per heavy atom. The van der Waals surface area contributed by atoms with Gasteiger partial charge in [-0.1, -0.05) is 0 Å². The Morgan fingerprint density at radius 3 is 2.54 bits per heavy atom. The van der Waals surface area contributed by atoms with Gasteiger partial charge in [0.2, 0.25) is 5.91 Å². The van der Waals surface area contributed by atoms with E-state index in [1.807, 2.05) is 11.0 Å². The Hall–Kier alpha value is -3.70. The summed E-state index contributed by atoms with van der Waals surface area (Å²) in [6, 6.07) is 5.48. The minimum Gasteiger partial charge on any atom is -0.483 e. The van der Waals surface area contributed by atoms with Crippen LogP contribution >= 0.6 is 0 Å². The molecule has 0 unspecified atom stereocenters. The van der Waals surface area contributed by atoms with Gasteiger partial charge in [0.15, 0.2) is 11.3 Å². The van der Waals surface area contributed by atoms with Crippen molar-refractivity contribution in [3.63, 3.8) is 0 Å². The van der Waals surface area contributed by atoms with Crippen LogP contribution in [0.2, 0.25) is 0 Å². The van der Waals surface area contributed by atoms with Gasteiger partial charge in [-0.15, -0.1) is 0 Å². The second kappa shape index (κ2) is 12.5. The zero-order valence-corrected chi connectivity index (χ0v) is 20.3. The van der Waals surface area contributed by atoms with E-state index in [1.165, 1.54) is 13.3 Å². The average molecular weight is 525 g/mol. The SMILES string of the molecule is COC[C@@H](CO[C@H](C)CC(=O)N1CCN(c2ccc(C#N)cn2)CC1)Oc1cn[nH]c(=O)c1C(F)(F)F. The predicted octanol–water partition coefficient (Wildman–Crippen LogP) is 1.59. The summed E-state index contributed by atoms with van der Waals surface area (Å²) in [5.41, 5.74) is -2.45. The molecule has 1 aliphatic heterocycles. The summed E-state index contributed by atoms with van der Waals surface area (Å²) < 4.78 is 55.9. The fourth-order valence-corrected chi connectivity index (χ4v) is 3.75. The van der Waals surface area contributed by atoms with Crippen LogP contribution in [0.5, 0.6) is 5.75 Å². The van der Waals surface area contributed by atoms with Crippen LogP contribution in [0.3, 0.4) is 0 Å². The molecule has 200 valence electrons. The number of rotatable bonds is 10. The molecule has 14 heteroatoms. The molecule has 2 aromatic heterocycles. The topological polar surface area (TPSA) is 134 Å². The monoisotopic (exact) mass is 524 g/mol. The lowest BCUT2D eigenvalue weighted by molar-refractivity contribution is -0.142. The first-order valence-electron chi connectivity index (χ1n) is 11.4. The van der Waals surface area contributed by atoms with Gasteiger partial charge in [-0.05, 0) is 19.1 Å². The third-order valence-electron chi connectivity index (χ3n) is 5.61. The van der Waals surface area contributed by atoms with Crippen LogP contribution in [0.4, 0.5) is 19.0 Å². The van der Waals surface area contributed by atoms with Crippen molar-refractivity contribution in [2.24, 2.45) is 0 Å². The molecule has 1 N–H and O–H groups in total.